The summed E-state index contributed by atoms with van der Waals surface area (Å²) in [4.78, 5) is 25.0. The molecule has 0 aliphatic carbocycles. The van der Waals surface area contributed by atoms with Crippen LogP contribution in [0.1, 0.15) is 55.5 Å². The van der Waals surface area contributed by atoms with Gasteiger partial charge in [0.25, 0.3) is 5.91 Å². The van der Waals surface area contributed by atoms with Gasteiger partial charge >= 0.3 is 0 Å². The van der Waals surface area contributed by atoms with Crippen molar-refractivity contribution in [1.29, 1.82) is 0 Å². The van der Waals surface area contributed by atoms with Crippen LogP contribution < -0.4 is 20.1 Å². The summed E-state index contributed by atoms with van der Waals surface area (Å²) in [5.74, 6) is 1.06. The van der Waals surface area contributed by atoms with Gasteiger partial charge in [0, 0.05) is 30.7 Å². The van der Waals surface area contributed by atoms with E-state index in [1.807, 2.05) is 19.1 Å². The second kappa shape index (κ2) is 13.0. The molecule has 0 radical (unpaired) electrons. The Morgan fingerprint density at radius 2 is 1.56 bits per heavy atom. The molecule has 0 spiro atoms. The summed E-state index contributed by atoms with van der Waals surface area (Å²) in [6, 6.07) is 15.0. The minimum absolute atomic E-state index is 0.0799. The maximum atomic E-state index is 12.5. The molecule has 184 valence electrons. The van der Waals surface area contributed by atoms with Crippen LogP contribution in [0.15, 0.2) is 48.5 Å². The van der Waals surface area contributed by atoms with Crippen molar-refractivity contribution in [2.24, 2.45) is 0 Å². The van der Waals surface area contributed by atoms with Gasteiger partial charge in [-0.3, -0.25) is 9.59 Å². The van der Waals surface area contributed by atoms with Crippen LogP contribution in [0, 0.1) is 0 Å². The Kier molecular flexibility index (Phi) is 9.76. The number of benzene rings is 2. The van der Waals surface area contributed by atoms with Crippen molar-refractivity contribution in [3.8, 4) is 11.5 Å². The third kappa shape index (κ3) is 7.22. The number of carbonyl (C=O) groups is 2. The molecule has 0 bridgehead atoms. The molecule has 1 saturated heterocycles. The van der Waals surface area contributed by atoms with E-state index in [-0.39, 0.29) is 23.8 Å². The zero-order valence-corrected chi connectivity index (χ0v) is 20.2. The lowest BCUT2D eigenvalue weighted by molar-refractivity contribution is -0.120. The van der Waals surface area contributed by atoms with Crippen LogP contribution >= 0.6 is 0 Å². The van der Waals surface area contributed by atoms with Gasteiger partial charge < -0.3 is 24.8 Å². The number of rotatable bonds is 12. The fourth-order valence-electron chi connectivity index (χ4n) is 4.03. The van der Waals surface area contributed by atoms with E-state index in [0.29, 0.717) is 38.5 Å². The standard InChI is InChI=1S/C27H36N2O5/c1-3-5-16-34-24-10-6-21(7-11-24)26(31)28-19-25(30)29-20-27(14-17-32-18-15-27)22-8-12-23(13-9-22)33-4-2/h6-13H,3-5,14-20H2,1-2H3,(H,28,31)(H,29,30). The molecule has 1 aliphatic rings. The van der Waals surface area contributed by atoms with Crippen LogP contribution in [0.25, 0.3) is 0 Å². The summed E-state index contributed by atoms with van der Waals surface area (Å²) in [6.07, 6.45) is 3.70. The largest absolute Gasteiger partial charge is 0.494 e. The summed E-state index contributed by atoms with van der Waals surface area (Å²) in [7, 11) is 0. The number of hydrogen-bond acceptors (Lipinski definition) is 5. The minimum atomic E-state index is -0.289. The Bertz CT molecular complexity index is 906. The highest BCUT2D eigenvalue weighted by Crippen LogP contribution is 2.35. The van der Waals surface area contributed by atoms with E-state index in [9.17, 15) is 9.59 Å². The lowest BCUT2D eigenvalue weighted by Crippen LogP contribution is -2.47. The van der Waals surface area contributed by atoms with Gasteiger partial charge in [-0.15, -0.1) is 0 Å². The second-order valence-corrected chi connectivity index (χ2v) is 8.54. The van der Waals surface area contributed by atoms with Crippen molar-refractivity contribution in [3.63, 3.8) is 0 Å². The lowest BCUT2D eigenvalue weighted by atomic mass is 9.74. The van der Waals surface area contributed by atoms with Gasteiger partial charge in [0.1, 0.15) is 11.5 Å². The average molecular weight is 469 g/mol. The molecular formula is C27H36N2O5. The minimum Gasteiger partial charge on any atom is -0.494 e. The molecule has 2 aromatic carbocycles. The third-order valence-electron chi connectivity index (χ3n) is 6.14. The maximum absolute atomic E-state index is 12.5. The quantitative estimate of drug-likeness (QED) is 0.462. The van der Waals surface area contributed by atoms with Crippen molar-refractivity contribution in [1.82, 2.24) is 10.6 Å². The van der Waals surface area contributed by atoms with Crippen molar-refractivity contribution in [3.05, 3.63) is 59.7 Å². The van der Waals surface area contributed by atoms with Crippen molar-refractivity contribution in [2.75, 3.05) is 39.5 Å². The van der Waals surface area contributed by atoms with E-state index in [2.05, 4.69) is 29.7 Å². The predicted octanol–water partition coefficient (Wildman–Crippen LogP) is 3.86. The highest BCUT2D eigenvalue weighted by atomic mass is 16.5. The Morgan fingerprint density at radius 1 is 0.912 bits per heavy atom. The smallest absolute Gasteiger partial charge is 0.251 e. The highest BCUT2D eigenvalue weighted by molar-refractivity contribution is 5.96. The Labute approximate surface area is 202 Å². The van der Waals surface area contributed by atoms with Crippen molar-refractivity contribution >= 4 is 11.8 Å². The fourth-order valence-corrected chi connectivity index (χ4v) is 4.03. The molecule has 0 unspecified atom stereocenters. The zero-order chi connectivity index (χ0) is 24.2. The monoisotopic (exact) mass is 468 g/mol. The number of carbonyl (C=O) groups excluding carboxylic acids is 2. The number of amides is 2. The Balaban J connectivity index is 1.51. The molecule has 1 fully saturated rings. The second-order valence-electron chi connectivity index (χ2n) is 8.54. The summed E-state index contributed by atoms with van der Waals surface area (Å²) in [5, 5.41) is 5.71. The zero-order valence-electron chi connectivity index (χ0n) is 20.2. The summed E-state index contributed by atoms with van der Waals surface area (Å²) in [6.45, 7) is 7.06. The summed E-state index contributed by atoms with van der Waals surface area (Å²) in [5.41, 5.74) is 1.45. The topological polar surface area (TPSA) is 85.9 Å². The van der Waals surface area contributed by atoms with Crippen LogP contribution in [-0.2, 0) is 14.9 Å². The molecule has 1 aliphatic heterocycles. The van der Waals surface area contributed by atoms with Crippen LogP contribution in [0.3, 0.4) is 0 Å². The molecule has 2 amide bonds. The number of nitrogens with one attached hydrogen (secondary N) is 2. The van der Waals surface area contributed by atoms with E-state index in [4.69, 9.17) is 14.2 Å². The van der Waals surface area contributed by atoms with Gasteiger partial charge in [0.05, 0.1) is 19.8 Å². The van der Waals surface area contributed by atoms with E-state index in [0.717, 1.165) is 42.7 Å². The van der Waals surface area contributed by atoms with Gasteiger partial charge in [-0.2, -0.15) is 0 Å². The van der Waals surface area contributed by atoms with Crippen LogP contribution in [0.5, 0.6) is 11.5 Å². The predicted molar refractivity (Wildman–Crippen MR) is 132 cm³/mol. The van der Waals surface area contributed by atoms with Crippen LogP contribution in [-0.4, -0.2) is 51.3 Å². The van der Waals surface area contributed by atoms with Crippen molar-refractivity contribution in [2.45, 2.75) is 44.9 Å². The first-order chi connectivity index (χ1) is 16.6. The summed E-state index contributed by atoms with van der Waals surface area (Å²) >= 11 is 0. The molecule has 7 nitrogen and oxygen atoms in total. The molecule has 0 atom stereocenters. The molecule has 2 N–H and O–H groups in total. The average Bonchev–Trinajstić information content (AvgIpc) is 2.88. The highest BCUT2D eigenvalue weighted by Gasteiger charge is 2.34. The van der Waals surface area contributed by atoms with E-state index >= 15 is 0 Å². The first kappa shape index (κ1) is 25.6. The van der Waals surface area contributed by atoms with Gasteiger partial charge in [-0.25, -0.2) is 0 Å². The van der Waals surface area contributed by atoms with Gasteiger partial charge in [-0.1, -0.05) is 25.5 Å². The lowest BCUT2D eigenvalue weighted by Gasteiger charge is -2.38. The van der Waals surface area contributed by atoms with Crippen LogP contribution in [0.4, 0.5) is 0 Å². The Morgan fingerprint density at radius 3 is 2.21 bits per heavy atom. The van der Waals surface area contributed by atoms with Gasteiger partial charge in [0.15, 0.2) is 0 Å². The number of hydrogen-bond donors (Lipinski definition) is 2. The van der Waals surface area contributed by atoms with Gasteiger partial charge in [-0.05, 0) is 68.1 Å². The maximum Gasteiger partial charge on any atom is 0.251 e. The van der Waals surface area contributed by atoms with E-state index in [1.54, 1.807) is 24.3 Å². The third-order valence-corrected chi connectivity index (χ3v) is 6.14. The Hall–Kier alpha value is -3.06. The normalized spacial score (nSPS) is 14.8. The first-order valence-electron chi connectivity index (χ1n) is 12.1. The van der Waals surface area contributed by atoms with Crippen LogP contribution in [0.2, 0.25) is 0 Å². The first-order valence-corrected chi connectivity index (χ1v) is 12.1. The molecule has 7 heteroatoms. The van der Waals surface area contributed by atoms with Crippen molar-refractivity contribution < 1.29 is 23.8 Å². The summed E-state index contributed by atoms with van der Waals surface area (Å²) < 4.78 is 16.8. The molecular weight excluding hydrogens is 432 g/mol. The molecule has 0 aromatic heterocycles. The SMILES string of the molecule is CCCCOc1ccc(C(=O)NCC(=O)NCC2(c3ccc(OCC)cc3)CCOCC2)cc1. The fraction of sp³-hybridized carbons (Fsp3) is 0.481. The number of unbranched alkanes of at least 4 members (excludes halogenated alkanes) is 1. The molecule has 1 heterocycles. The molecule has 3 rings (SSSR count). The molecule has 0 saturated carbocycles. The number of ether oxygens (including phenoxy) is 3. The van der Waals surface area contributed by atoms with E-state index < -0.39 is 0 Å². The molecule has 34 heavy (non-hydrogen) atoms. The van der Waals surface area contributed by atoms with E-state index in [1.165, 1.54) is 0 Å². The van der Waals surface area contributed by atoms with Gasteiger partial charge in [0.2, 0.25) is 5.91 Å². The molecule has 2 aromatic rings.